The molecule has 104 valence electrons. The molecule has 1 heterocycles. The number of carboxylic acid groups (broad SMARTS) is 1. The van der Waals surface area contributed by atoms with E-state index in [1.807, 2.05) is 18.2 Å². The van der Waals surface area contributed by atoms with E-state index in [-0.39, 0.29) is 5.82 Å². The van der Waals surface area contributed by atoms with Crippen LogP contribution in [0.5, 0.6) is 0 Å². The number of carbonyl (C=O) groups is 1. The molecule has 3 nitrogen and oxygen atoms in total. The van der Waals surface area contributed by atoms with Gasteiger partial charge < -0.3 is 10.0 Å². The molecule has 20 heavy (non-hydrogen) atoms. The number of benzene rings is 2. The number of piperidine rings is 1. The van der Waals surface area contributed by atoms with Crippen LogP contribution in [0.4, 0.5) is 9.18 Å². The van der Waals surface area contributed by atoms with Gasteiger partial charge in [0.15, 0.2) is 0 Å². The quantitative estimate of drug-likeness (QED) is 0.857. The second kappa shape index (κ2) is 5.12. The normalized spacial score (nSPS) is 16.6. The Morgan fingerprint density at radius 2 is 1.95 bits per heavy atom. The Hall–Kier alpha value is -2.10. The van der Waals surface area contributed by atoms with Crippen LogP contribution in [0.1, 0.15) is 24.3 Å². The Kier molecular flexibility index (Phi) is 3.30. The van der Waals surface area contributed by atoms with Crippen LogP contribution in [0.15, 0.2) is 36.4 Å². The highest BCUT2D eigenvalue weighted by atomic mass is 19.1. The summed E-state index contributed by atoms with van der Waals surface area (Å²) in [6.07, 6.45) is 0.800. The third-order valence-electron chi connectivity index (χ3n) is 4.08. The van der Waals surface area contributed by atoms with E-state index in [9.17, 15) is 9.18 Å². The highest BCUT2D eigenvalue weighted by Crippen LogP contribution is 2.33. The van der Waals surface area contributed by atoms with Gasteiger partial charge in [-0.2, -0.15) is 0 Å². The Morgan fingerprint density at radius 1 is 1.20 bits per heavy atom. The van der Waals surface area contributed by atoms with E-state index < -0.39 is 6.09 Å². The molecule has 0 atom stereocenters. The molecule has 2 aromatic rings. The van der Waals surface area contributed by atoms with Crippen LogP contribution in [0, 0.1) is 5.82 Å². The fraction of sp³-hybridized carbons (Fsp3) is 0.312. The predicted octanol–water partition coefficient (Wildman–Crippen LogP) is 3.84. The maximum atomic E-state index is 13.3. The Balaban J connectivity index is 1.90. The van der Waals surface area contributed by atoms with E-state index in [2.05, 4.69) is 6.07 Å². The fourth-order valence-electron chi connectivity index (χ4n) is 3.02. The smallest absolute Gasteiger partial charge is 0.407 e. The Bertz CT molecular complexity index is 648. The van der Waals surface area contributed by atoms with Gasteiger partial charge in [0, 0.05) is 13.1 Å². The van der Waals surface area contributed by atoms with Crippen LogP contribution in [-0.4, -0.2) is 29.2 Å². The topological polar surface area (TPSA) is 40.5 Å². The van der Waals surface area contributed by atoms with Crippen LogP contribution in [0.3, 0.4) is 0 Å². The lowest BCUT2D eigenvalue weighted by molar-refractivity contribution is 0.132. The molecule has 0 spiro atoms. The zero-order chi connectivity index (χ0) is 14.1. The van der Waals surface area contributed by atoms with Gasteiger partial charge in [0.2, 0.25) is 0 Å². The molecule has 1 saturated heterocycles. The highest BCUT2D eigenvalue weighted by molar-refractivity contribution is 5.86. The number of nitrogens with zero attached hydrogens (tertiary/aromatic N) is 1. The van der Waals surface area contributed by atoms with E-state index in [1.165, 1.54) is 16.5 Å². The van der Waals surface area contributed by atoms with Crippen molar-refractivity contribution in [2.45, 2.75) is 18.8 Å². The Labute approximate surface area is 116 Å². The molecule has 0 aromatic heterocycles. The van der Waals surface area contributed by atoms with Crippen molar-refractivity contribution in [1.82, 2.24) is 4.90 Å². The first kappa shape index (κ1) is 12.9. The lowest BCUT2D eigenvalue weighted by atomic mass is 9.86. The molecule has 1 aliphatic rings. The molecule has 1 aliphatic heterocycles. The molecule has 4 heteroatoms. The Morgan fingerprint density at radius 3 is 2.65 bits per heavy atom. The van der Waals surface area contributed by atoms with Gasteiger partial charge in [-0.15, -0.1) is 0 Å². The molecule has 2 aromatic carbocycles. The van der Waals surface area contributed by atoms with Gasteiger partial charge in [0.1, 0.15) is 5.82 Å². The molecule has 1 fully saturated rings. The van der Waals surface area contributed by atoms with Crippen molar-refractivity contribution in [3.63, 3.8) is 0 Å². The van der Waals surface area contributed by atoms with Gasteiger partial charge in [0.25, 0.3) is 0 Å². The minimum atomic E-state index is -0.844. The lowest BCUT2D eigenvalue weighted by Gasteiger charge is -2.30. The van der Waals surface area contributed by atoms with Crippen molar-refractivity contribution < 1.29 is 14.3 Å². The highest BCUT2D eigenvalue weighted by Gasteiger charge is 2.24. The van der Waals surface area contributed by atoms with Crippen molar-refractivity contribution in [2.24, 2.45) is 0 Å². The molecular formula is C16H16FNO2. The largest absolute Gasteiger partial charge is 0.465 e. The summed E-state index contributed by atoms with van der Waals surface area (Å²) in [5.74, 6) is 0.120. The molecule has 0 bridgehead atoms. The molecule has 1 amide bonds. The summed E-state index contributed by atoms with van der Waals surface area (Å²) in [4.78, 5) is 12.4. The van der Waals surface area contributed by atoms with Gasteiger partial charge in [0.05, 0.1) is 0 Å². The van der Waals surface area contributed by atoms with Crippen molar-refractivity contribution >= 4 is 16.9 Å². The predicted molar refractivity (Wildman–Crippen MR) is 75.5 cm³/mol. The van der Waals surface area contributed by atoms with Gasteiger partial charge >= 0.3 is 6.09 Å². The first-order valence-corrected chi connectivity index (χ1v) is 6.81. The molecule has 0 unspecified atom stereocenters. The average molecular weight is 273 g/mol. The third-order valence-corrected chi connectivity index (χ3v) is 4.08. The zero-order valence-corrected chi connectivity index (χ0v) is 11.1. The zero-order valence-electron chi connectivity index (χ0n) is 11.1. The van der Waals surface area contributed by atoms with Crippen LogP contribution < -0.4 is 0 Å². The van der Waals surface area contributed by atoms with Crippen LogP contribution in [-0.2, 0) is 0 Å². The monoisotopic (exact) mass is 273 g/mol. The summed E-state index contributed by atoms with van der Waals surface area (Å²) in [5.41, 5.74) is 1.20. The maximum Gasteiger partial charge on any atom is 0.407 e. The molecule has 0 saturated carbocycles. The minimum Gasteiger partial charge on any atom is -0.465 e. The molecule has 0 aliphatic carbocycles. The van der Waals surface area contributed by atoms with E-state index >= 15 is 0 Å². The van der Waals surface area contributed by atoms with Crippen molar-refractivity contribution in [1.29, 1.82) is 0 Å². The molecule has 3 rings (SSSR count). The first-order valence-electron chi connectivity index (χ1n) is 6.81. The number of halogens is 1. The van der Waals surface area contributed by atoms with Crippen LogP contribution >= 0.6 is 0 Å². The van der Waals surface area contributed by atoms with Gasteiger partial charge in [-0.1, -0.05) is 24.3 Å². The SMILES string of the molecule is O=C(O)N1CCC(c2cccc3cc(F)ccc23)CC1. The van der Waals surface area contributed by atoms with Crippen molar-refractivity contribution in [2.75, 3.05) is 13.1 Å². The van der Waals surface area contributed by atoms with Gasteiger partial charge in [-0.25, -0.2) is 9.18 Å². The minimum absolute atomic E-state index is 0.227. The second-order valence-electron chi connectivity index (χ2n) is 5.26. The summed E-state index contributed by atoms with van der Waals surface area (Å²) in [6, 6.07) is 10.8. The molecular weight excluding hydrogens is 257 g/mol. The summed E-state index contributed by atoms with van der Waals surface area (Å²) in [5, 5.41) is 11.0. The number of hydrogen-bond acceptors (Lipinski definition) is 1. The van der Waals surface area contributed by atoms with Crippen LogP contribution in [0.25, 0.3) is 10.8 Å². The summed E-state index contributed by atoms with van der Waals surface area (Å²) in [6.45, 7) is 1.13. The van der Waals surface area contributed by atoms with Gasteiger partial charge in [-0.05, 0) is 47.2 Å². The molecule has 0 radical (unpaired) electrons. The van der Waals surface area contributed by atoms with E-state index in [0.29, 0.717) is 19.0 Å². The van der Waals surface area contributed by atoms with Crippen LogP contribution in [0.2, 0.25) is 0 Å². The summed E-state index contributed by atoms with van der Waals surface area (Å²) in [7, 11) is 0. The number of fused-ring (bicyclic) bond motifs is 1. The number of hydrogen-bond donors (Lipinski definition) is 1. The number of rotatable bonds is 1. The van der Waals surface area contributed by atoms with Crippen molar-refractivity contribution in [3.8, 4) is 0 Å². The molecule has 1 N–H and O–H groups in total. The number of amides is 1. The maximum absolute atomic E-state index is 13.3. The average Bonchev–Trinajstić information content (AvgIpc) is 2.46. The van der Waals surface area contributed by atoms with Crippen molar-refractivity contribution in [3.05, 3.63) is 47.8 Å². The standard InChI is InChI=1S/C16H16FNO2/c17-13-4-5-15-12(10-13)2-1-3-14(15)11-6-8-18(9-7-11)16(19)20/h1-5,10-11H,6-9H2,(H,19,20). The third kappa shape index (κ3) is 2.33. The fourth-order valence-corrected chi connectivity index (χ4v) is 3.02. The van der Waals surface area contributed by atoms with E-state index in [4.69, 9.17) is 5.11 Å². The number of likely N-dealkylation sites (tertiary alicyclic amines) is 1. The second-order valence-corrected chi connectivity index (χ2v) is 5.26. The summed E-state index contributed by atoms with van der Waals surface area (Å²) < 4.78 is 13.3. The lowest BCUT2D eigenvalue weighted by Crippen LogP contribution is -2.36. The van der Waals surface area contributed by atoms with E-state index in [1.54, 1.807) is 6.07 Å². The van der Waals surface area contributed by atoms with E-state index in [0.717, 1.165) is 23.6 Å². The first-order chi connectivity index (χ1) is 9.65. The van der Waals surface area contributed by atoms with Gasteiger partial charge in [-0.3, -0.25) is 0 Å². The summed E-state index contributed by atoms with van der Waals surface area (Å²) >= 11 is 0.